The molecule has 0 radical (unpaired) electrons. The van der Waals surface area contributed by atoms with Crippen LogP contribution < -0.4 is 15.6 Å². The second-order valence-electron chi connectivity index (χ2n) is 6.90. The van der Waals surface area contributed by atoms with Crippen LogP contribution in [-0.2, 0) is 9.59 Å². The Labute approximate surface area is 223 Å². The summed E-state index contributed by atoms with van der Waals surface area (Å²) in [4.78, 5) is 32.6. The van der Waals surface area contributed by atoms with Crippen molar-refractivity contribution < 1.29 is 14.3 Å². The van der Waals surface area contributed by atoms with Gasteiger partial charge in [0.25, 0.3) is 11.8 Å². The van der Waals surface area contributed by atoms with Crippen molar-refractivity contribution in [2.75, 3.05) is 12.4 Å². The van der Waals surface area contributed by atoms with Crippen molar-refractivity contribution in [1.82, 2.24) is 20.8 Å². The normalized spacial score (nSPS) is 11.1. The molecule has 35 heavy (non-hydrogen) atoms. The number of hydrazone groups is 2. The number of benzene rings is 2. The third kappa shape index (κ3) is 9.97. The Morgan fingerprint density at radius 2 is 1.54 bits per heavy atom. The maximum absolute atomic E-state index is 12.1. The summed E-state index contributed by atoms with van der Waals surface area (Å²) in [5.74, 6) is -0.469. The monoisotopic (exact) mass is 618 g/mol. The van der Waals surface area contributed by atoms with Gasteiger partial charge in [-0.2, -0.15) is 15.2 Å². The Balaban J connectivity index is 1.44. The summed E-state index contributed by atoms with van der Waals surface area (Å²) in [6.45, 7) is 1.49. The average Bonchev–Trinajstić information content (AvgIpc) is 2.81. The van der Waals surface area contributed by atoms with Gasteiger partial charge < -0.3 is 4.74 Å². The highest BCUT2D eigenvalue weighted by Crippen LogP contribution is 2.18. The van der Waals surface area contributed by atoms with Crippen LogP contribution in [0.4, 0.5) is 0 Å². The third-order valence-electron chi connectivity index (χ3n) is 4.00. The van der Waals surface area contributed by atoms with Crippen molar-refractivity contribution in [2.45, 2.75) is 12.1 Å². The molecule has 1 aromatic heterocycles. The highest BCUT2D eigenvalue weighted by atomic mass is 79.9. The van der Waals surface area contributed by atoms with E-state index in [4.69, 9.17) is 4.74 Å². The Morgan fingerprint density at radius 1 is 0.943 bits per heavy atom. The first-order valence-electron chi connectivity index (χ1n) is 10.1. The van der Waals surface area contributed by atoms with Gasteiger partial charge in [0.1, 0.15) is 0 Å². The van der Waals surface area contributed by atoms with E-state index in [1.54, 1.807) is 19.2 Å². The molecule has 0 aliphatic rings. The largest absolute Gasteiger partial charge is 0.467 e. The highest BCUT2D eigenvalue weighted by molar-refractivity contribution is 9.10. The summed E-state index contributed by atoms with van der Waals surface area (Å²) in [5.41, 5.74) is 7.17. The summed E-state index contributed by atoms with van der Waals surface area (Å²) >= 11 is 7.88. The second-order valence-corrected chi connectivity index (χ2v) is 9.68. The fourth-order valence-electron chi connectivity index (χ4n) is 2.52. The summed E-state index contributed by atoms with van der Waals surface area (Å²) in [6, 6.07) is 16.6. The smallest absolute Gasteiger partial charge is 0.278 e. The van der Waals surface area contributed by atoms with E-state index >= 15 is 0 Å². The topological polar surface area (TPSA) is 118 Å². The molecule has 1 heterocycles. The van der Waals surface area contributed by atoms with Crippen molar-refractivity contribution in [3.05, 3.63) is 80.4 Å². The summed E-state index contributed by atoms with van der Waals surface area (Å²) in [6.07, 6.45) is 3.08. The minimum atomic E-state index is -0.440. The molecule has 12 heteroatoms. The van der Waals surface area contributed by atoms with Crippen LogP contribution in [0.1, 0.15) is 16.8 Å². The number of carbonyl (C=O) groups is 2. The van der Waals surface area contributed by atoms with Crippen LogP contribution in [0, 0.1) is 6.92 Å². The highest BCUT2D eigenvalue weighted by Gasteiger charge is 2.09. The molecule has 0 saturated carbocycles. The van der Waals surface area contributed by atoms with Crippen molar-refractivity contribution in [3.63, 3.8) is 0 Å². The molecule has 3 rings (SSSR count). The molecule has 0 spiro atoms. The maximum atomic E-state index is 12.1. The Hall–Kier alpha value is -3.09. The SMILES string of the molecule is Cc1cc(OCC(=O)NN=Cc2cccc(Br)c2)nc(SCC(=O)NN=Cc2cccc(Br)c2)n1. The van der Waals surface area contributed by atoms with E-state index < -0.39 is 5.91 Å². The number of ether oxygens (including phenoxy) is 1. The van der Waals surface area contributed by atoms with Gasteiger partial charge in [-0.15, -0.1) is 0 Å². The van der Waals surface area contributed by atoms with Gasteiger partial charge in [-0.3, -0.25) is 9.59 Å². The molecule has 2 N–H and O–H groups in total. The molecule has 0 unspecified atom stereocenters. The zero-order valence-corrected chi connectivity index (χ0v) is 22.4. The first-order chi connectivity index (χ1) is 16.9. The van der Waals surface area contributed by atoms with Crippen LogP contribution >= 0.6 is 43.6 Å². The van der Waals surface area contributed by atoms with Crippen LogP contribution in [0.2, 0.25) is 0 Å². The lowest BCUT2D eigenvalue weighted by molar-refractivity contribution is -0.123. The standard InChI is InChI=1S/C23H20Br2N6O3S/c1-15-8-22(34-13-20(32)30-26-11-16-4-2-6-18(24)9-16)29-23(28-15)35-14-21(33)31-27-12-17-5-3-7-19(25)10-17/h2-12H,13-14H2,1H3,(H,30,32)(H,31,33). The summed E-state index contributed by atoms with van der Waals surface area (Å²) < 4.78 is 7.29. The fourth-order valence-corrected chi connectivity index (χ4v) is 4.04. The summed E-state index contributed by atoms with van der Waals surface area (Å²) in [5, 5.41) is 8.20. The first kappa shape index (κ1) is 26.5. The van der Waals surface area contributed by atoms with Gasteiger partial charge >= 0.3 is 0 Å². The molecule has 3 aromatic rings. The molecule has 0 fully saturated rings. The maximum Gasteiger partial charge on any atom is 0.278 e. The van der Waals surface area contributed by atoms with E-state index in [1.807, 2.05) is 48.5 Å². The van der Waals surface area contributed by atoms with Gasteiger partial charge in [-0.1, -0.05) is 67.9 Å². The molecule has 0 bridgehead atoms. The molecule has 2 aromatic carbocycles. The van der Waals surface area contributed by atoms with Crippen molar-refractivity contribution in [2.24, 2.45) is 10.2 Å². The zero-order chi connectivity index (χ0) is 25.0. The lowest BCUT2D eigenvalue weighted by atomic mass is 10.2. The molecular weight excluding hydrogens is 600 g/mol. The molecule has 0 saturated heterocycles. The number of rotatable bonds is 10. The van der Waals surface area contributed by atoms with Gasteiger partial charge in [0.15, 0.2) is 11.8 Å². The lowest BCUT2D eigenvalue weighted by Gasteiger charge is -2.07. The second kappa shape index (κ2) is 13.7. The van der Waals surface area contributed by atoms with Crippen molar-refractivity contribution >= 4 is 67.9 Å². The minimum absolute atomic E-state index is 0.0590. The minimum Gasteiger partial charge on any atom is -0.467 e. The molecule has 0 atom stereocenters. The quantitative estimate of drug-likeness (QED) is 0.153. The number of thioether (sulfide) groups is 1. The van der Waals surface area contributed by atoms with E-state index in [9.17, 15) is 9.59 Å². The zero-order valence-electron chi connectivity index (χ0n) is 18.4. The fraction of sp³-hybridized carbons (Fsp3) is 0.130. The Morgan fingerprint density at radius 3 is 2.14 bits per heavy atom. The van der Waals surface area contributed by atoms with Crippen molar-refractivity contribution in [3.8, 4) is 5.88 Å². The van der Waals surface area contributed by atoms with Crippen LogP contribution in [0.5, 0.6) is 5.88 Å². The molecule has 0 aliphatic carbocycles. The number of nitrogens with zero attached hydrogens (tertiary/aromatic N) is 4. The predicted molar refractivity (Wildman–Crippen MR) is 143 cm³/mol. The van der Waals surface area contributed by atoms with E-state index in [0.717, 1.165) is 31.8 Å². The number of nitrogens with one attached hydrogen (secondary N) is 2. The molecular formula is C23H20Br2N6O3S. The number of amides is 2. The van der Waals surface area contributed by atoms with E-state index in [0.29, 0.717) is 10.9 Å². The predicted octanol–water partition coefficient (Wildman–Crippen LogP) is 4.08. The van der Waals surface area contributed by atoms with Crippen LogP contribution in [0.25, 0.3) is 0 Å². The third-order valence-corrected chi connectivity index (χ3v) is 5.83. The first-order valence-corrected chi connectivity index (χ1v) is 12.7. The van der Waals surface area contributed by atoms with Gasteiger partial charge in [-0.05, 0) is 42.3 Å². The molecule has 9 nitrogen and oxygen atoms in total. The van der Waals surface area contributed by atoms with E-state index in [1.165, 1.54) is 6.21 Å². The van der Waals surface area contributed by atoms with Gasteiger partial charge in [0, 0.05) is 20.7 Å². The van der Waals surface area contributed by atoms with Crippen molar-refractivity contribution in [1.29, 1.82) is 0 Å². The number of carbonyl (C=O) groups excluding carboxylic acids is 2. The van der Waals surface area contributed by atoms with Crippen LogP contribution in [-0.4, -0.2) is 46.6 Å². The number of hydrogen-bond acceptors (Lipinski definition) is 8. The molecule has 2 amide bonds. The van der Waals surface area contributed by atoms with Gasteiger partial charge in [0.2, 0.25) is 5.88 Å². The van der Waals surface area contributed by atoms with Crippen LogP contribution in [0.3, 0.4) is 0 Å². The van der Waals surface area contributed by atoms with Crippen LogP contribution in [0.15, 0.2) is 78.9 Å². The Kier molecular flexibility index (Phi) is 10.4. The van der Waals surface area contributed by atoms with E-state index in [-0.39, 0.29) is 24.1 Å². The molecule has 180 valence electrons. The van der Waals surface area contributed by atoms with Gasteiger partial charge in [0.05, 0.1) is 18.2 Å². The number of halogens is 2. The average molecular weight is 620 g/mol. The molecule has 0 aliphatic heterocycles. The summed E-state index contributed by atoms with van der Waals surface area (Å²) in [7, 11) is 0. The van der Waals surface area contributed by atoms with Gasteiger partial charge in [-0.25, -0.2) is 15.8 Å². The lowest BCUT2D eigenvalue weighted by Crippen LogP contribution is -2.25. The number of aryl methyl sites for hydroxylation is 1. The number of aromatic nitrogens is 2. The van der Waals surface area contributed by atoms with E-state index in [2.05, 4.69) is 62.9 Å². The number of hydrogen-bond donors (Lipinski definition) is 2. The Bertz CT molecular complexity index is 1160.